The van der Waals surface area contributed by atoms with Gasteiger partial charge in [-0.2, -0.15) is 0 Å². The van der Waals surface area contributed by atoms with Gasteiger partial charge in [-0.1, -0.05) is 73.5 Å². The number of anilines is 1. The van der Waals surface area contributed by atoms with Crippen LogP contribution in [0.2, 0.25) is 5.02 Å². The summed E-state index contributed by atoms with van der Waals surface area (Å²) in [6.07, 6.45) is 7.85. The largest absolute Gasteiger partial charge is 0.374 e. The second-order valence-corrected chi connectivity index (χ2v) is 7.42. The second-order valence-electron chi connectivity index (χ2n) is 7.01. The quantitative estimate of drug-likeness (QED) is 0.502. The van der Waals surface area contributed by atoms with Crippen LogP contribution >= 0.6 is 11.6 Å². The molecule has 0 fully saturated rings. The van der Waals surface area contributed by atoms with E-state index in [1.807, 2.05) is 24.3 Å². The summed E-state index contributed by atoms with van der Waals surface area (Å²) in [6, 6.07) is 16.3. The zero-order valence-corrected chi connectivity index (χ0v) is 16.8. The minimum Gasteiger partial charge on any atom is -0.374 e. The molecule has 2 aromatic carbocycles. The Morgan fingerprint density at radius 2 is 1.93 bits per heavy atom. The Hall–Kier alpha value is -2.45. The number of halogens is 1. The molecule has 1 aliphatic heterocycles. The lowest BCUT2D eigenvalue weighted by Gasteiger charge is -2.28. The predicted molar refractivity (Wildman–Crippen MR) is 118 cm³/mol. The molecule has 140 valence electrons. The van der Waals surface area contributed by atoms with Gasteiger partial charge in [0.15, 0.2) is 0 Å². The minimum atomic E-state index is 0.00840. The first-order valence-electron chi connectivity index (χ1n) is 9.53. The summed E-state index contributed by atoms with van der Waals surface area (Å²) in [7, 11) is 0. The van der Waals surface area contributed by atoms with E-state index in [1.54, 1.807) is 0 Å². The summed E-state index contributed by atoms with van der Waals surface area (Å²) in [4.78, 5) is 0. The van der Waals surface area contributed by atoms with E-state index in [4.69, 9.17) is 11.6 Å². The molecule has 3 heteroatoms. The van der Waals surface area contributed by atoms with Crippen LogP contribution in [0.25, 0.3) is 5.70 Å². The Morgan fingerprint density at radius 1 is 1.19 bits per heavy atom. The molecule has 0 saturated carbocycles. The van der Waals surface area contributed by atoms with Gasteiger partial charge in [0.25, 0.3) is 0 Å². The Balaban J connectivity index is 1.88. The lowest BCUT2D eigenvalue weighted by Crippen LogP contribution is -2.20. The fourth-order valence-corrected chi connectivity index (χ4v) is 3.60. The van der Waals surface area contributed by atoms with Gasteiger partial charge in [0.2, 0.25) is 0 Å². The van der Waals surface area contributed by atoms with Crippen molar-refractivity contribution < 1.29 is 0 Å². The number of rotatable bonds is 7. The van der Waals surface area contributed by atoms with E-state index in [1.165, 1.54) is 18.4 Å². The maximum Gasteiger partial charge on any atom is 0.0735 e. The number of unbranched alkanes of at least 4 members (excludes halogenated alkanes) is 1. The van der Waals surface area contributed by atoms with E-state index >= 15 is 0 Å². The highest BCUT2D eigenvalue weighted by molar-refractivity contribution is 6.31. The summed E-state index contributed by atoms with van der Waals surface area (Å²) in [5.74, 6) is 0. The highest BCUT2D eigenvalue weighted by atomic mass is 35.5. The third-order valence-electron chi connectivity index (χ3n) is 4.74. The smallest absolute Gasteiger partial charge is 0.0735 e. The van der Waals surface area contributed by atoms with Crippen molar-refractivity contribution in [2.75, 3.05) is 5.32 Å². The SMILES string of the molecule is C=C(/C=C(\C)CCCC)NC1=CC(c2ccccc2Cl)Nc2ccccc21. The average molecular weight is 379 g/mol. The highest BCUT2D eigenvalue weighted by Crippen LogP contribution is 2.36. The van der Waals surface area contributed by atoms with Gasteiger partial charge >= 0.3 is 0 Å². The lowest BCUT2D eigenvalue weighted by molar-refractivity contribution is 0.786. The van der Waals surface area contributed by atoms with Gasteiger partial charge in [-0.15, -0.1) is 0 Å². The van der Waals surface area contributed by atoms with Crippen molar-refractivity contribution in [1.29, 1.82) is 0 Å². The van der Waals surface area contributed by atoms with Crippen molar-refractivity contribution in [3.8, 4) is 0 Å². The molecule has 27 heavy (non-hydrogen) atoms. The van der Waals surface area contributed by atoms with Crippen molar-refractivity contribution in [2.45, 2.75) is 39.2 Å². The number of para-hydroxylation sites is 1. The molecule has 1 atom stereocenters. The first kappa shape index (κ1) is 19.3. The van der Waals surface area contributed by atoms with Crippen LogP contribution in [-0.4, -0.2) is 0 Å². The highest BCUT2D eigenvalue weighted by Gasteiger charge is 2.21. The summed E-state index contributed by atoms with van der Waals surface area (Å²) in [5, 5.41) is 7.85. The van der Waals surface area contributed by atoms with Gasteiger partial charge in [0.1, 0.15) is 0 Å². The van der Waals surface area contributed by atoms with Gasteiger partial charge in [-0.3, -0.25) is 0 Å². The van der Waals surface area contributed by atoms with Gasteiger partial charge in [0.05, 0.1) is 6.04 Å². The molecule has 2 N–H and O–H groups in total. The van der Waals surface area contributed by atoms with Crippen molar-refractivity contribution in [3.05, 3.63) is 94.7 Å². The van der Waals surface area contributed by atoms with Crippen molar-refractivity contribution in [3.63, 3.8) is 0 Å². The summed E-state index contributed by atoms with van der Waals surface area (Å²) < 4.78 is 0. The van der Waals surface area contributed by atoms with Gasteiger partial charge in [-0.05, 0) is 49.6 Å². The van der Waals surface area contributed by atoms with Crippen LogP contribution in [0.4, 0.5) is 5.69 Å². The fraction of sp³-hybridized carbons (Fsp3) is 0.250. The molecule has 0 amide bonds. The van der Waals surface area contributed by atoms with Gasteiger partial charge in [0, 0.05) is 27.7 Å². The Bertz CT molecular complexity index is 879. The van der Waals surface area contributed by atoms with Crippen LogP contribution in [0, 0.1) is 0 Å². The first-order valence-corrected chi connectivity index (χ1v) is 9.91. The van der Waals surface area contributed by atoms with Crippen molar-refractivity contribution >= 4 is 23.0 Å². The van der Waals surface area contributed by atoms with E-state index in [0.29, 0.717) is 0 Å². The first-order chi connectivity index (χ1) is 13.1. The lowest BCUT2D eigenvalue weighted by atomic mass is 9.97. The molecule has 0 bridgehead atoms. The third-order valence-corrected chi connectivity index (χ3v) is 5.09. The van der Waals surface area contributed by atoms with E-state index in [9.17, 15) is 0 Å². The molecule has 3 rings (SSSR count). The number of allylic oxidation sites excluding steroid dienone is 2. The van der Waals surface area contributed by atoms with Crippen LogP contribution in [0.5, 0.6) is 0 Å². The Kier molecular flexibility index (Phi) is 6.41. The molecule has 0 spiro atoms. The molecule has 0 aromatic heterocycles. The molecule has 1 aliphatic rings. The zero-order chi connectivity index (χ0) is 19.2. The van der Waals surface area contributed by atoms with Gasteiger partial charge < -0.3 is 10.6 Å². The predicted octanol–water partition coefficient (Wildman–Crippen LogP) is 7.09. The number of hydrogen-bond acceptors (Lipinski definition) is 2. The maximum atomic E-state index is 6.44. The molecular formula is C24H27ClN2. The minimum absolute atomic E-state index is 0.00840. The van der Waals surface area contributed by atoms with E-state index in [-0.39, 0.29) is 6.04 Å². The van der Waals surface area contributed by atoms with E-state index < -0.39 is 0 Å². The molecule has 2 aromatic rings. The molecule has 0 radical (unpaired) electrons. The van der Waals surface area contributed by atoms with E-state index in [2.05, 4.69) is 67.5 Å². The normalized spacial score (nSPS) is 16.2. The van der Waals surface area contributed by atoms with Crippen LogP contribution in [-0.2, 0) is 0 Å². The second kappa shape index (κ2) is 8.96. The van der Waals surface area contributed by atoms with Crippen LogP contribution in [0.15, 0.2) is 78.5 Å². The molecule has 0 saturated heterocycles. The van der Waals surface area contributed by atoms with Crippen LogP contribution in [0.3, 0.4) is 0 Å². The third kappa shape index (κ3) is 4.84. The summed E-state index contributed by atoms with van der Waals surface area (Å²) in [5.41, 5.74) is 6.60. The zero-order valence-electron chi connectivity index (χ0n) is 16.1. The fourth-order valence-electron chi connectivity index (χ4n) is 3.35. The number of fused-ring (bicyclic) bond motifs is 1. The van der Waals surface area contributed by atoms with E-state index in [0.717, 1.165) is 39.7 Å². The number of benzene rings is 2. The topological polar surface area (TPSA) is 24.1 Å². The monoisotopic (exact) mass is 378 g/mol. The Labute approximate surface area is 167 Å². The summed E-state index contributed by atoms with van der Waals surface area (Å²) in [6.45, 7) is 8.59. The van der Waals surface area contributed by atoms with Crippen LogP contribution in [0.1, 0.15) is 50.3 Å². The standard InChI is InChI=1S/C24H27ClN2/c1-4-5-10-17(2)15-18(3)26-24-16-23(19-11-6-8-13-21(19)25)27-22-14-9-7-12-20(22)24/h6-9,11-16,23,26-27H,3-5,10H2,1-2H3/b17-15+. The Morgan fingerprint density at radius 3 is 2.70 bits per heavy atom. The summed E-state index contributed by atoms with van der Waals surface area (Å²) >= 11 is 6.44. The van der Waals surface area contributed by atoms with Crippen molar-refractivity contribution in [1.82, 2.24) is 5.32 Å². The average Bonchev–Trinajstić information content (AvgIpc) is 2.66. The molecule has 0 aliphatic carbocycles. The molecule has 1 unspecified atom stereocenters. The molecule has 2 nitrogen and oxygen atoms in total. The maximum absolute atomic E-state index is 6.44. The number of hydrogen-bond donors (Lipinski definition) is 2. The van der Waals surface area contributed by atoms with Gasteiger partial charge in [-0.25, -0.2) is 0 Å². The molecule has 1 heterocycles. The number of nitrogens with one attached hydrogen (secondary N) is 2. The van der Waals surface area contributed by atoms with Crippen LogP contribution < -0.4 is 10.6 Å². The molecular weight excluding hydrogens is 352 g/mol. The van der Waals surface area contributed by atoms with Crippen molar-refractivity contribution in [2.24, 2.45) is 0 Å².